The van der Waals surface area contributed by atoms with Gasteiger partial charge in [-0.2, -0.15) is 5.26 Å². The summed E-state index contributed by atoms with van der Waals surface area (Å²) >= 11 is 0. The minimum atomic E-state index is -4.81. The summed E-state index contributed by atoms with van der Waals surface area (Å²) in [4.78, 5) is 0. The molecule has 0 amide bonds. The Labute approximate surface area is 142 Å². The summed E-state index contributed by atoms with van der Waals surface area (Å²) in [6, 6.07) is 12.6. The zero-order chi connectivity index (χ0) is 18.7. The summed E-state index contributed by atoms with van der Waals surface area (Å²) in [7, 11) is -2.44. The Balaban J connectivity index is 2.16. The van der Waals surface area contributed by atoms with E-state index in [9.17, 15) is 21.6 Å². The molecular weight excluding hydrogens is 357 g/mol. The number of alkyl halides is 3. The second kappa shape index (κ2) is 7.03. The highest BCUT2D eigenvalue weighted by molar-refractivity contribution is 7.92. The van der Waals surface area contributed by atoms with E-state index in [1.54, 1.807) is 18.2 Å². The minimum absolute atomic E-state index is 0.304. The van der Waals surface area contributed by atoms with E-state index in [4.69, 9.17) is 5.26 Å². The molecule has 0 N–H and O–H groups in total. The standard InChI is InChI=1S/C16H13F3N2O3S/c1-21(14-4-2-3-13(9-14)10-20)25(22,23)11-12-5-7-15(8-6-12)24-16(17,18)19/h2-9H,11H2,1H3. The van der Waals surface area contributed by atoms with Crippen LogP contribution < -0.4 is 9.04 Å². The molecule has 5 nitrogen and oxygen atoms in total. The fourth-order valence-corrected chi connectivity index (χ4v) is 3.27. The lowest BCUT2D eigenvalue weighted by atomic mass is 10.2. The zero-order valence-electron chi connectivity index (χ0n) is 13.0. The number of ether oxygens (including phenoxy) is 1. The van der Waals surface area contributed by atoms with Crippen LogP contribution in [0.15, 0.2) is 48.5 Å². The fraction of sp³-hybridized carbons (Fsp3) is 0.188. The summed E-state index contributed by atoms with van der Waals surface area (Å²) in [6.07, 6.45) is -4.81. The first-order chi connectivity index (χ1) is 11.6. The average Bonchev–Trinajstić information content (AvgIpc) is 2.54. The number of halogens is 3. The third kappa shape index (κ3) is 5.12. The van der Waals surface area contributed by atoms with Gasteiger partial charge in [-0.05, 0) is 35.9 Å². The van der Waals surface area contributed by atoms with Crippen molar-refractivity contribution in [2.45, 2.75) is 12.1 Å². The van der Waals surface area contributed by atoms with E-state index in [2.05, 4.69) is 4.74 Å². The molecule has 0 saturated carbocycles. The molecule has 2 aromatic rings. The van der Waals surface area contributed by atoms with E-state index in [0.29, 0.717) is 16.8 Å². The summed E-state index contributed by atoms with van der Waals surface area (Å²) < 4.78 is 66.0. The largest absolute Gasteiger partial charge is 0.573 e. The number of hydrogen-bond acceptors (Lipinski definition) is 4. The van der Waals surface area contributed by atoms with Crippen molar-refractivity contribution < 1.29 is 26.3 Å². The van der Waals surface area contributed by atoms with Gasteiger partial charge in [0.05, 0.1) is 23.1 Å². The maximum atomic E-state index is 12.4. The molecular formula is C16H13F3N2O3S. The van der Waals surface area contributed by atoms with Crippen LogP contribution in [0.1, 0.15) is 11.1 Å². The van der Waals surface area contributed by atoms with Crippen molar-refractivity contribution in [2.75, 3.05) is 11.4 Å². The van der Waals surface area contributed by atoms with E-state index in [0.717, 1.165) is 16.4 Å². The normalized spacial score (nSPS) is 11.6. The smallest absolute Gasteiger partial charge is 0.406 e. The van der Waals surface area contributed by atoms with Crippen LogP contribution in [0.25, 0.3) is 0 Å². The summed E-state index contributed by atoms with van der Waals surface area (Å²) in [5.74, 6) is -0.837. The lowest BCUT2D eigenvalue weighted by Gasteiger charge is -2.19. The monoisotopic (exact) mass is 370 g/mol. The van der Waals surface area contributed by atoms with Gasteiger partial charge in [-0.3, -0.25) is 4.31 Å². The van der Waals surface area contributed by atoms with Gasteiger partial charge < -0.3 is 4.74 Å². The van der Waals surface area contributed by atoms with Crippen LogP contribution in [0.2, 0.25) is 0 Å². The molecule has 0 atom stereocenters. The zero-order valence-corrected chi connectivity index (χ0v) is 13.8. The SMILES string of the molecule is CN(c1cccc(C#N)c1)S(=O)(=O)Cc1ccc(OC(F)(F)F)cc1. The average molecular weight is 370 g/mol. The Morgan fingerprint density at radius 1 is 1.16 bits per heavy atom. The van der Waals surface area contributed by atoms with Crippen LogP contribution in [0, 0.1) is 11.3 Å². The first-order valence-corrected chi connectivity index (χ1v) is 8.53. The maximum Gasteiger partial charge on any atom is 0.573 e. The highest BCUT2D eigenvalue weighted by Crippen LogP contribution is 2.24. The van der Waals surface area contributed by atoms with Crippen LogP contribution in [-0.4, -0.2) is 21.8 Å². The molecule has 0 unspecified atom stereocenters. The molecule has 0 bridgehead atoms. The van der Waals surface area contributed by atoms with Crippen LogP contribution >= 0.6 is 0 Å². The van der Waals surface area contributed by atoms with Crippen LogP contribution in [0.3, 0.4) is 0 Å². The van der Waals surface area contributed by atoms with E-state index in [1.165, 1.54) is 25.2 Å². The van der Waals surface area contributed by atoms with E-state index < -0.39 is 27.9 Å². The molecule has 0 spiro atoms. The first kappa shape index (κ1) is 18.6. The Morgan fingerprint density at radius 3 is 2.36 bits per heavy atom. The van der Waals surface area contributed by atoms with Gasteiger partial charge in [0, 0.05) is 7.05 Å². The van der Waals surface area contributed by atoms with Gasteiger partial charge in [0.2, 0.25) is 10.0 Å². The molecule has 0 saturated heterocycles. The molecule has 0 fully saturated rings. The van der Waals surface area contributed by atoms with Crippen molar-refractivity contribution in [3.05, 3.63) is 59.7 Å². The highest BCUT2D eigenvalue weighted by atomic mass is 32.2. The molecule has 0 aliphatic heterocycles. The molecule has 0 aliphatic rings. The molecule has 0 radical (unpaired) electrons. The maximum absolute atomic E-state index is 12.4. The van der Waals surface area contributed by atoms with Crippen molar-refractivity contribution in [3.8, 4) is 11.8 Å². The molecule has 0 aliphatic carbocycles. The van der Waals surface area contributed by atoms with Crippen molar-refractivity contribution in [3.63, 3.8) is 0 Å². The Morgan fingerprint density at radius 2 is 1.80 bits per heavy atom. The fourth-order valence-electron chi connectivity index (χ4n) is 2.03. The molecule has 2 rings (SSSR count). The minimum Gasteiger partial charge on any atom is -0.406 e. The third-order valence-corrected chi connectivity index (χ3v) is 5.01. The number of nitriles is 1. The quantitative estimate of drug-likeness (QED) is 0.809. The van der Waals surface area contributed by atoms with Crippen molar-refractivity contribution in [1.29, 1.82) is 5.26 Å². The van der Waals surface area contributed by atoms with Gasteiger partial charge in [0.1, 0.15) is 5.75 Å². The topological polar surface area (TPSA) is 70.4 Å². The molecule has 0 heterocycles. The van der Waals surface area contributed by atoms with Gasteiger partial charge in [0.15, 0.2) is 0 Å². The van der Waals surface area contributed by atoms with Crippen molar-refractivity contribution >= 4 is 15.7 Å². The second-order valence-electron chi connectivity index (χ2n) is 5.08. The third-order valence-electron chi connectivity index (χ3n) is 3.26. The Bertz CT molecular complexity index is 888. The van der Waals surface area contributed by atoms with Gasteiger partial charge in [-0.1, -0.05) is 18.2 Å². The predicted octanol–water partition coefficient (Wildman–Crippen LogP) is 3.42. The summed E-state index contributed by atoms with van der Waals surface area (Å²) in [6.45, 7) is 0. The number of benzene rings is 2. The number of rotatable bonds is 5. The molecule has 132 valence electrons. The number of anilines is 1. The summed E-state index contributed by atoms with van der Waals surface area (Å²) in [5, 5.41) is 8.88. The number of sulfonamides is 1. The second-order valence-corrected chi connectivity index (χ2v) is 7.08. The van der Waals surface area contributed by atoms with Crippen LogP contribution in [0.4, 0.5) is 18.9 Å². The van der Waals surface area contributed by atoms with E-state index in [1.807, 2.05) is 6.07 Å². The van der Waals surface area contributed by atoms with Crippen molar-refractivity contribution in [2.24, 2.45) is 0 Å². The lowest BCUT2D eigenvalue weighted by Crippen LogP contribution is -2.27. The Kier molecular flexibility index (Phi) is 5.23. The van der Waals surface area contributed by atoms with Gasteiger partial charge in [-0.25, -0.2) is 8.42 Å². The Hall–Kier alpha value is -2.73. The van der Waals surface area contributed by atoms with Crippen LogP contribution in [0.5, 0.6) is 5.75 Å². The molecule has 9 heteroatoms. The summed E-state index contributed by atoms with van der Waals surface area (Å²) in [5.41, 5.74) is 0.932. The predicted molar refractivity (Wildman–Crippen MR) is 85.3 cm³/mol. The van der Waals surface area contributed by atoms with Crippen molar-refractivity contribution in [1.82, 2.24) is 0 Å². The molecule has 25 heavy (non-hydrogen) atoms. The van der Waals surface area contributed by atoms with Gasteiger partial charge >= 0.3 is 6.36 Å². The molecule has 0 aromatic heterocycles. The lowest BCUT2D eigenvalue weighted by molar-refractivity contribution is -0.274. The van der Waals surface area contributed by atoms with Crippen LogP contribution in [-0.2, 0) is 15.8 Å². The molecule has 2 aromatic carbocycles. The number of nitrogens with zero attached hydrogens (tertiary/aromatic N) is 2. The van der Waals surface area contributed by atoms with Gasteiger partial charge in [0.25, 0.3) is 0 Å². The highest BCUT2D eigenvalue weighted by Gasteiger charge is 2.31. The van der Waals surface area contributed by atoms with E-state index in [-0.39, 0.29) is 0 Å². The van der Waals surface area contributed by atoms with E-state index >= 15 is 0 Å². The number of hydrogen-bond donors (Lipinski definition) is 0. The van der Waals surface area contributed by atoms with Gasteiger partial charge in [-0.15, -0.1) is 13.2 Å². The first-order valence-electron chi connectivity index (χ1n) is 6.92.